The molecule has 0 fully saturated rings. The summed E-state index contributed by atoms with van der Waals surface area (Å²) in [6, 6.07) is 0. The molecule has 1 atom stereocenters. The van der Waals surface area contributed by atoms with E-state index in [1.165, 1.54) is 0 Å². The van der Waals surface area contributed by atoms with Gasteiger partial charge in [-0.25, -0.2) is 0 Å². The summed E-state index contributed by atoms with van der Waals surface area (Å²) in [5.41, 5.74) is 0. The van der Waals surface area contributed by atoms with Crippen molar-refractivity contribution < 1.29 is 22.8 Å². The Bertz CT molecular complexity index is 170. The van der Waals surface area contributed by atoms with E-state index < -0.39 is 8.80 Å². The summed E-state index contributed by atoms with van der Waals surface area (Å²) < 4.78 is 28.0. The molecule has 0 bridgehead atoms. The summed E-state index contributed by atoms with van der Waals surface area (Å²) in [5, 5.41) is 0. The molecule has 0 aliphatic carbocycles. The van der Waals surface area contributed by atoms with Crippen molar-refractivity contribution in [1.82, 2.24) is 0 Å². The lowest BCUT2D eigenvalue weighted by Gasteiger charge is -2.28. The molecule has 0 aromatic heterocycles. The van der Waals surface area contributed by atoms with Crippen molar-refractivity contribution in [2.75, 3.05) is 39.8 Å². The highest BCUT2D eigenvalue weighted by Gasteiger charge is 2.41. The van der Waals surface area contributed by atoms with Gasteiger partial charge in [-0.2, -0.15) is 0 Å². The van der Waals surface area contributed by atoms with E-state index in [1.54, 1.807) is 7.11 Å². The minimum atomic E-state index is -2.67. The first kappa shape index (κ1) is 18.0. The van der Waals surface area contributed by atoms with Crippen molar-refractivity contribution >= 4 is 8.80 Å². The Morgan fingerprint density at radius 3 is 1.72 bits per heavy atom. The summed E-state index contributed by atoms with van der Waals surface area (Å²) in [7, 11) is -0.975. The van der Waals surface area contributed by atoms with Crippen molar-refractivity contribution in [2.45, 2.75) is 40.2 Å². The third-order valence-electron chi connectivity index (χ3n) is 2.46. The molecule has 0 rings (SSSR count). The smallest absolute Gasteiger partial charge is 0.379 e. The second kappa shape index (κ2) is 10.9. The van der Waals surface area contributed by atoms with Gasteiger partial charge >= 0.3 is 8.80 Å². The molecule has 0 aromatic rings. The molecule has 18 heavy (non-hydrogen) atoms. The van der Waals surface area contributed by atoms with Gasteiger partial charge in [-0.3, -0.25) is 0 Å². The van der Waals surface area contributed by atoms with Crippen LogP contribution in [0.4, 0.5) is 0 Å². The van der Waals surface area contributed by atoms with Crippen molar-refractivity contribution in [1.29, 1.82) is 0 Å². The average molecular weight is 280 g/mol. The van der Waals surface area contributed by atoms with E-state index in [0.29, 0.717) is 32.7 Å². The van der Waals surface area contributed by atoms with Crippen LogP contribution in [-0.4, -0.2) is 54.7 Å². The first-order valence-corrected chi connectivity index (χ1v) is 8.63. The van der Waals surface area contributed by atoms with Gasteiger partial charge < -0.3 is 22.8 Å². The van der Waals surface area contributed by atoms with Crippen LogP contribution in [-0.2, 0) is 22.8 Å². The van der Waals surface area contributed by atoms with Crippen LogP contribution < -0.4 is 0 Å². The summed E-state index contributed by atoms with van der Waals surface area (Å²) in [6.07, 6.45) is 1.41. The molecule has 0 saturated carbocycles. The molecule has 0 spiro atoms. The summed E-state index contributed by atoms with van der Waals surface area (Å²) in [5.74, 6) is 0. The summed E-state index contributed by atoms with van der Waals surface area (Å²) >= 11 is 0. The zero-order chi connectivity index (χ0) is 13.9. The van der Waals surface area contributed by atoms with E-state index in [4.69, 9.17) is 22.8 Å². The van der Waals surface area contributed by atoms with Gasteiger partial charge in [0, 0.05) is 26.9 Å². The lowest BCUT2D eigenvalue weighted by Crippen LogP contribution is -2.51. The van der Waals surface area contributed by atoms with E-state index in [-0.39, 0.29) is 6.10 Å². The fraction of sp³-hybridized carbons (Fsp3) is 1.00. The van der Waals surface area contributed by atoms with E-state index >= 15 is 0 Å². The van der Waals surface area contributed by atoms with Gasteiger partial charge in [-0.15, -0.1) is 0 Å². The quantitative estimate of drug-likeness (QED) is 0.512. The van der Waals surface area contributed by atoms with Crippen LogP contribution in [0.3, 0.4) is 0 Å². The summed E-state index contributed by atoms with van der Waals surface area (Å²) in [6.45, 7) is 10.1. The zero-order valence-electron chi connectivity index (χ0n) is 12.4. The van der Waals surface area contributed by atoms with Crippen LogP contribution in [0.25, 0.3) is 0 Å². The largest absolute Gasteiger partial charge is 0.528 e. The van der Waals surface area contributed by atoms with Crippen LogP contribution in [0, 0.1) is 0 Å². The first-order chi connectivity index (χ1) is 8.67. The maximum atomic E-state index is 5.69. The number of rotatable bonds is 12. The number of ether oxygens (including phenoxy) is 2. The van der Waals surface area contributed by atoms with Crippen molar-refractivity contribution in [3.05, 3.63) is 0 Å². The third kappa shape index (κ3) is 6.82. The topological polar surface area (TPSA) is 46.2 Å². The van der Waals surface area contributed by atoms with Crippen LogP contribution in [0.5, 0.6) is 0 Å². The Kier molecular flexibility index (Phi) is 10.9. The Hall–Kier alpha value is 0.0169. The van der Waals surface area contributed by atoms with Crippen LogP contribution in [0.15, 0.2) is 0 Å². The Balaban J connectivity index is 4.28. The molecule has 1 unspecified atom stereocenters. The maximum absolute atomic E-state index is 5.69. The van der Waals surface area contributed by atoms with Gasteiger partial charge in [0.1, 0.15) is 6.23 Å². The lowest BCUT2D eigenvalue weighted by molar-refractivity contribution is -0.0112. The van der Waals surface area contributed by atoms with Crippen LogP contribution in [0.1, 0.15) is 34.1 Å². The van der Waals surface area contributed by atoms with E-state index in [1.807, 2.05) is 20.8 Å². The molecule has 0 radical (unpaired) electrons. The van der Waals surface area contributed by atoms with Gasteiger partial charge in [0.15, 0.2) is 0 Å². The maximum Gasteiger partial charge on any atom is 0.528 e. The van der Waals surface area contributed by atoms with Crippen molar-refractivity contribution in [3.63, 3.8) is 0 Å². The minimum Gasteiger partial charge on any atom is -0.379 e. The molecule has 0 heterocycles. The molecular formula is C12H28O5Si. The highest BCUT2D eigenvalue weighted by Crippen LogP contribution is 2.11. The van der Waals surface area contributed by atoms with E-state index in [2.05, 4.69) is 6.92 Å². The van der Waals surface area contributed by atoms with E-state index in [9.17, 15) is 0 Å². The van der Waals surface area contributed by atoms with Gasteiger partial charge in [0.05, 0.1) is 12.7 Å². The highest BCUT2D eigenvalue weighted by molar-refractivity contribution is 6.60. The Morgan fingerprint density at radius 2 is 1.39 bits per heavy atom. The van der Waals surface area contributed by atoms with Gasteiger partial charge in [0.2, 0.25) is 0 Å². The molecule has 5 nitrogen and oxygen atoms in total. The number of hydrogen-bond donors (Lipinski definition) is 0. The Morgan fingerprint density at radius 1 is 0.889 bits per heavy atom. The van der Waals surface area contributed by atoms with Crippen molar-refractivity contribution in [2.24, 2.45) is 0 Å². The SMILES string of the molecule is CCO[Si](COCC(CC)OC)(OCC)OCC. The summed E-state index contributed by atoms with van der Waals surface area (Å²) in [4.78, 5) is 0. The minimum absolute atomic E-state index is 0.113. The van der Waals surface area contributed by atoms with Crippen molar-refractivity contribution in [3.8, 4) is 0 Å². The third-order valence-corrected chi connectivity index (χ3v) is 5.21. The molecule has 0 aliphatic rings. The van der Waals surface area contributed by atoms with E-state index in [0.717, 1.165) is 6.42 Å². The van der Waals surface area contributed by atoms with Crippen LogP contribution in [0.2, 0.25) is 0 Å². The number of hydrogen-bond acceptors (Lipinski definition) is 5. The predicted octanol–water partition coefficient (Wildman–Crippen LogP) is 2.02. The molecule has 0 aromatic carbocycles. The zero-order valence-corrected chi connectivity index (χ0v) is 13.4. The monoisotopic (exact) mass is 280 g/mol. The number of methoxy groups -OCH3 is 1. The van der Waals surface area contributed by atoms with Gasteiger partial charge in [-0.05, 0) is 27.2 Å². The molecule has 0 aliphatic heterocycles. The molecule has 110 valence electrons. The molecule has 0 amide bonds. The highest BCUT2D eigenvalue weighted by atomic mass is 28.4. The standard InChI is InChI=1S/C12H28O5Si/c1-6-12(13-5)10-14-11-18(15-7-2,16-8-3)17-9-4/h12H,6-11H2,1-5H3. The second-order valence-electron chi connectivity index (χ2n) is 3.76. The molecular weight excluding hydrogens is 252 g/mol. The van der Waals surface area contributed by atoms with Gasteiger partial charge in [-0.1, -0.05) is 6.92 Å². The Labute approximate surface area is 112 Å². The lowest BCUT2D eigenvalue weighted by atomic mass is 10.3. The van der Waals surface area contributed by atoms with Crippen LogP contribution >= 0.6 is 0 Å². The normalized spacial score (nSPS) is 13.8. The first-order valence-electron chi connectivity index (χ1n) is 6.70. The predicted molar refractivity (Wildman–Crippen MR) is 72.5 cm³/mol. The molecule has 0 N–H and O–H groups in total. The molecule has 0 saturated heterocycles. The fourth-order valence-corrected chi connectivity index (χ4v) is 3.77. The fourth-order valence-electron chi connectivity index (χ4n) is 1.58. The molecule has 6 heteroatoms. The average Bonchev–Trinajstić information content (AvgIpc) is 2.36. The van der Waals surface area contributed by atoms with Gasteiger partial charge in [0.25, 0.3) is 0 Å². The second-order valence-corrected chi connectivity index (χ2v) is 6.28.